The van der Waals surface area contributed by atoms with Gasteiger partial charge in [-0.05, 0) is 0 Å². The molecule has 2 rings (SSSR count). The summed E-state index contributed by atoms with van der Waals surface area (Å²) in [6.45, 7) is 4.02. The van der Waals surface area contributed by atoms with Crippen LogP contribution in [0.15, 0.2) is 30.3 Å². The SMILES string of the molecule is c1cc[c]([Ru][N]2CCOCC2)cc1. The van der Waals surface area contributed by atoms with Gasteiger partial charge in [-0.3, -0.25) is 0 Å². The Morgan fingerprint density at radius 3 is 2.46 bits per heavy atom. The van der Waals surface area contributed by atoms with Gasteiger partial charge < -0.3 is 0 Å². The van der Waals surface area contributed by atoms with Gasteiger partial charge in [-0.25, -0.2) is 0 Å². The van der Waals surface area contributed by atoms with Crippen molar-refractivity contribution in [3.05, 3.63) is 30.3 Å². The molecular formula is C10H13NORu. The van der Waals surface area contributed by atoms with Crippen molar-refractivity contribution >= 4 is 4.16 Å². The normalized spacial score (nSPS) is 19.1. The number of hydrogen-bond donors (Lipinski definition) is 0. The second kappa shape index (κ2) is 4.85. The summed E-state index contributed by atoms with van der Waals surface area (Å²) in [5, 5.41) is 0. The van der Waals surface area contributed by atoms with Gasteiger partial charge in [0.2, 0.25) is 0 Å². The van der Waals surface area contributed by atoms with Crippen LogP contribution in [0.2, 0.25) is 0 Å². The summed E-state index contributed by atoms with van der Waals surface area (Å²) in [7, 11) is 0. The molecular weight excluding hydrogens is 251 g/mol. The van der Waals surface area contributed by atoms with Gasteiger partial charge in [-0.15, -0.1) is 0 Å². The Balaban J connectivity index is 1.90. The van der Waals surface area contributed by atoms with E-state index in [-0.39, 0.29) is 17.4 Å². The molecule has 1 fully saturated rings. The van der Waals surface area contributed by atoms with Crippen molar-refractivity contribution in [3.8, 4) is 0 Å². The first-order valence-corrected chi connectivity index (χ1v) is 6.10. The van der Waals surface area contributed by atoms with Crippen LogP contribution in [0.5, 0.6) is 0 Å². The summed E-state index contributed by atoms with van der Waals surface area (Å²) >= 11 is 0.241. The molecule has 0 N–H and O–H groups in total. The van der Waals surface area contributed by atoms with Crippen molar-refractivity contribution in [2.24, 2.45) is 0 Å². The van der Waals surface area contributed by atoms with Gasteiger partial charge in [0.15, 0.2) is 0 Å². The van der Waals surface area contributed by atoms with Crippen LogP contribution >= 0.6 is 0 Å². The molecule has 0 saturated carbocycles. The number of rotatable bonds is 2. The third kappa shape index (κ3) is 2.87. The van der Waals surface area contributed by atoms with E-state index in [0.29, 0.717) is 0 Å². The van der Waals surface area contributed by atoms with Gasteiger partial charge in [-0.2, -0.15) is 0 Å². The third-order valence-electron chi connectivity index (χ3n) is 1.87. The van der Waals surface area contributed by atoms with E-state index < -0.39 is 0 Å². The zero-order valence-electron chi connectivity index (χ0n) is 7.42. The molecule has 0 atom stereocenters. The van der Waals surface area contributed by atoms with Crippen LogP contribution in [0.3, 0.4) is 0 Å². The topological polar surface area (TPSA) is 12.5 Å². The number of morpholine rings is 1. The summed E-state index contributed by atoms with van der Waals surface area (Å²) in [6, 6.07) is 10.7. The third-order valence-corrected chi connectivity index (χ3v) is 4.23. The van der Waals surface area contributed by atoms with Gasteiger partial charge in [0.05, 0.1) is 0 Å². The van der Waals surface area contributed by atoms with Gasteiger partial charge in [0.25, 0.3) is 0 Å². The molecule has 0 spiro atoms. The van der Waals surface area contributed by atoms with Crippen molar-refractivity contribution in [2.75, 3.05) is 26.3 Å². The Hall–Kier alpha value is -0.237. The summed E-state index contributed by atoms with van der Waals surface area (Å²) in [4.78, 5) is 0. The van der Waals surface area contributed by atoms with Crippen molar-refractivity contribution in [1.82, 2.24) is 3.64 Å². The van der Waals surface area contributed by atoms with Crippen LogP contribution in [-0.4, -0.2) is 29.9 Å². The monoisotopic (exact) mass is 265 g/mol. The zero-order chi connectivity index (χ0) is 8.93. The molecule has 1 aliphatic rings. The Bertz CT molecular complexity index is 246. The summed E-state index contributed by atoms with van der Waals surface area (Å²) in [5.74, 6) is 0. The molecule has 0 radical (unpaired) electrons. The van der Waals surface area contributed by atoms with Crippen molar-refractivity contribution in [3.63, 3.8) is 0 Å². The van der Waals surface area contributed by atoms with E-state index in [4.69, 9.17) is 4.74 Å². The molecule has 0 aromatic heterocycles. The summed E-state index contributed by atoms with van der Waals surface area (Å²) in [6.07, 6.45) is 0. The fourth-order valence-electron chi connectivity index (χ4n) is 1.21. The first-order valence-electron chi connectivity index (χ1n) is 4.46. The zero-order valence-corrected chi connectivity index (χ0v) is 9.16. The molecule has 13 heavy (non-hydrogen) atoms. The molecule has 0 unspecified atom stereocenters. The Kier molecular flexibility index (Phi) is 3.48. The molecule has 0 bridgehead atoms. The summed E-state index contributed by atoms with van der Waals surface area (Å²) < 4.78 is 9.31. The van der Waals surface area contributed by atoms with E-state index in [1.807, 2.05) is 0 Å². The standard InChI is InChI=1S/C6H5.C4H8NO.Ru/c1-2-4-6-5-3-1;1-3-6-4-2-5-1;/h1-5H;1-4H2;/q;-1;+1. The van der Waals surface area contributed by atoms with Gasteiger partial charge in [-0.1, -0.05) is 0 Å². The maximum absolute atomic E-state index is 5.31. The average molecular weight is 264 g/mol. The molecule has 1 aromatic rings. The van der Waals surface area contributed by atoms with Crippen LogP contribution in [0.1, 0.15) is 0 Å². The fraction of sp³-hybridized carbons (Fsp3) is 0.400. The molecule has 3 heteroatoms. The molecule has 1 heterocycles. The van der Waals surface area contributed by atoms with E-state index in [1.165, 1.54) is 4.16 Å². The van der Waals surface area contributed by atoms with Gasteiger partial charge in [0, 0.05) is 0 Å². The Morgan fingerprint density at radius 2 is 1.77 bits per heavy atom. The van der Waals surface area contributed by atoms with E-state index >= 15 is 0 Å². The molecule has 0 aliphatic carbocycles. The number of benzene rings is 1. The number of hydrogen-bond acceptors (Lipinski definition) is 2. The van der Waals surface area contributed by atoms with Crippen molar-refractivity contribution in [1.29, 1.82) is 0 Å². The molecule has 0 amide bonds. The van der Waals surface area contributed by atoms with Crippen molar-refractivity contribution in [2.45, 2.75) is 0 Å². The Morgan fingerprint density at radius 1 is 1.08 bits per heavy atom. The van der Waals surface area contributed by atoms with Gasteiger partial charge in [0.1, 0.15) is 0 Å². The van der Waals surface area contributed by atoms with Crippen LogP contribution in [-0.2, 0) is 22.1 Å². The molecule has 2 nitrogen and oxygen atoms in total. The van der Waals surface area contributed by atoms with E-state index in [1.54, 1.807) is 0 Å². The fourth-order valence-corrected chi connectivity index (χ4v) is 3.14. The molecule has 1 aromatic carbocycles. The minimum absolute atomic E-state index is 0.241. The number of nitrogens with zero attached hydrogens (tertiary/aromatic N) is 1. The van der Waals surface area contributed by atoms with E-state index in [2.05, 4.69) is 34.0 Å². The predicted molar refractivity (Wildman–Crippen MR) is 48.5 cm³/mol. The van der Waals surface area contributed by atoms with Crippen LogP contribution in [0, 0.1) is 0 Å². The minimum atomic E-state index is 0.241. The first-order chi connectivity index (χ1) is 6.45. The van der Waals surface area contributed by atoms with Gasteiger partial charge >= 0.3 is 86.5 Å². The van der Waals surface area contributed by atoms with Crippen LogP contribution in [0.4, 0.5) is 0 Å². The quantitative estimate of drug-likeness (QED) is 0.727. The second-order valence-electron chi connectivity index (χ2n) is 2.87. The van der Waals surface area contributed by atoms with Crippen molar-refractivity contribution < 1.29 is 22.1 Å². The predicted octanol–water partition coefficient (Wildman–Crippen LogP) is 0.642. The average Bonchev–Trinajstić information content (AvgIpc) is 2.21. The Labute approximate surface area is 86.7 Å². The second-order valence-corrected chi connectivity index (χ2v) is 5.36. The van der Waals surface area contributed by atoms with Crippen LogP contribution < -0.4 is 4.16 Å². The van der Waals surface area contributed by atoms with E-state index in [0.717, 1.165) is 26.3 Å². The van der Waals surface area contributed by atoms with E-state index in [9.17, 15) is 0 Å². The molecule has 1 saturated heterocycles. The molecule has 72 valence electrons. The summed E-state index contributed by atoms with van der Waals surface area (Å²) in [5.41, 5.74) is 0. The van der Waals surface area contributed by atoms with Crippen LogP contribution in [0.25, 0.3) is 0 Å². The maximum atomic E-state index is 5.31. The molecule has 1 aliphatic heterocycles. The number of ether oxygens (including phenoxy) is 1. The first kappa shape index (κ1) is 9.32.